The topological polar surface area (TPSA) is 72.3 Å². The largest absolute Gasteiger partial charge is 0.490 e. The number of hydrogen-bond donors (Lipinski definition) is 2. The Morgan fingerprint density at radius 2 is 1.69 bits per heavy atom. The molecule has 0 bridgehead atoms. The molecule has 0 aromatic heterocycles. The van der Waals surface area contributed by atoms with Crippen LogP contribution < -0.4 is 19.7 Å². The second-order valence-corrected chi connectivity index (χ2v) is 8.32. The van der Waals surface area contributed by atoms with Crippen molar-refractivity contribution in [2.24, 2.45) is 0 Å². The molecule has 2 N–H and O–H groups in total. The van der Waals surface area contributed by atoms with Gasteiger partial charge in [-0.3, -0.25) is 4.79 Å². The van der Waals surface area contributed by atoms with Crippen LogP contribution in [-0.2, 0) is 17.8 Å². The maximum absolute atomic E-state index is 13.1. The molecule has 3 aliphatic rings. The molecule has 1 saturated heterocycles. The second kappa shape index (κ2) is 8.22. The van der Waals surface area contributed by atoms with Crippen LogP contribution in [-0.4, -0.2) is 48.8 Å². The Balaban J connectivity index is 1.48. The van der Waals surface area contributed by atoms with E-state index in [-0.39, 0.29) is 11.9 Å². The molecule has 7 nitrogen and oxygen atoms in total. The number of rotatable bonds is 6. The highest BCUT2D eigenvalue weighted by Gasteiger charge is 2.52. The zero-order valence-electron chi connectivity index (χ0n) is 17.5. The number of benzene rings is 1. The third kappa shape index (κ3) is 3.80. The van der Waals surface area contributed by atoms with Crippen molar-refractivity contribution in [3.8, 4) is 11.5 Å². The van der Waals surface area contributed by atoms with Crippen molar-refractivity contribution in [1.29, 1.82) is 0 Å². The van der Waals surface area contributed by atoms with E-state index in [1.807, 2.05) is 13.8 Å². The van der Waals surface area contributed by atoms with E-state index in [1.54, 1.807) is 0 Å². The van der Waals surface area contributed by atoms with E-state index in [4.69, 9.17) is 9.47 Å². The Morgan fingerprint density at radius 3 is 2.34 bits per heavy atom. The van der Waals surface area contributed by atoms with Crippen LogP contribution in [0.2, 0.25) is 0 Å². The lowest BCUT2D eigenvalue weighted by Crippen LogP contribution is -3.13. The smallest absolute Gasteiger partial charge is 0.329 e. The Labute approximate surface area is 172 Å². The van der Waals surface area contributed by atoms with Gasteiger partial charge in [-0.15, -0.1) is 0 Å². The first-order chi connectivity index (χ1) is 14.1. The SMILES string of the molecule is CCOc1cc2c(cc1OCC)C[NH+](CN1C(=O)NC3(CCCCC3)C1=O)CC2. The molecule has 1 saturated carbocycles. The van der Waals surface area contributed by atoms with Gasteiger partial charge in [0.1, 0.15) is 12.1 Å². The van der Waals surface area contributed by atoms with Crippen LogP contribution in [0.5, 0.6) is 11.5 Å². The van der Waals surface area contributed by atoms with Crippen molar-refractivity contribution in [2.75, 3.05) is 26.4 Å². The second-order valence-electron chi connectivity index (χ2n) is 8.32. The summed E-state index contributed by atoms with van der Waals surface area (Å²) in [5.41, 5.74) is 1.83. The van der Waals surface area contributed by atoms with Gasteiger partial charge in [-0.25, -0.2) is 9.69 Å². The van der Waals surface area contributed by atoms with Gasteiger partial charge in [0.05, 0.1) is 19.8 Å². The van der Waals surface area contributed by atoms with Gasteiger partial charge in [0, 0.05) is 12.0 Å². The first-order valence-corrected chi connectivity index (χ1v) is 11.0. The summed E-state index contributed by atoms with van der Waals surface area (Å²) in [6.45, 7) is 7.19. The zero-order valence-corrected chi connectivity index (χ0v) is 17.5. The van der Waals surface area contributed by atoms with E-state index >= 15 is 0 Å². The summed E-state index contributed by atoms with van der Waals surface area (Å²) in [6.07, 6.45) is 5.59. The van der Waals surface area contributed by atoms with Crippen LogP contribution in [0.4, 0.5) is 4.79 Å². The van der Waals surface area contributed by atoms with E-state index in [1.165, 1.54) is 20.9 Å². The number of amides is 3. The maximum atomic E-state index is 13.1. The molecule has 4 rings (SSSR count). The number of hydrogen-bond acceptors (Lipinski definition) is 4. The molecule has 1 aromatic carbocycles. The Hall–Kier alpha value is -2.28. The first-order valence-electron chi connectivity index (χ1n) is 11.0. The standard InChI is InChI=1S/C22H31N3O4/c1-3-28-18-12-16-8-11-24(14-17(16)13-19(18)29-4-2)15-25-20(26)22(23-21(25)27)9-6-5-7-10-22/h12-13H,3-11,14-15H2,1-2H3,(H,23,27)/p+1. The molecule has 7 heteroatoms. The Bertz CT molecular complexity index is 789. The van der Waals surface area contributed by atoms with Crippen LogP contribution in [0.15, 0.2) is 12.1 Å². The molecular formula is C22H32N3O4+. The number of ether oxygens (including phenoxy) is 2. The highest BCUT2D eigenvalue weighted by atomic mass is 16.5. The zero-order chi connectivity index (χ0) is 20.4. The summed E-state index contributed by atoms with van der Waals surface area (Å²) >= 11 is 0. The predicted molar refractivity (Wildman–Crippen MR) is 108 cm³/mol. The van der Waals surface area contributed by atoms with E-state index in [2.05, 4.69) is 17.4 Å². The van der Waals surface area contributed by atoms with E-state index < -0.39 is 5.54 Å². The fourth-order valence-electron chi connectivity index (χ4n) is 4.92. The van der Waals surface area contributed by atoms with Gasteiger partial charge in [0.25, 0.3) is 5.91 Å². The van der Waals surface area contributed by atoms with Gasteiger partial charge in [-0.05, 0) is 44.4 Å². The minimum absolute atomic E-state index is 0.0257. The van der Waals surface area contributed by atoms with Crippen molar-refractivity contribution in [3.05, 3.63) is 23.3 Å². The highest BCUT2D eigenvalue weighted by Crippen LogP contribution is 2.34. The Kier molecular flexibility index (Phi) is 5.67. The lowest BCUT2D eigenvalue weighted by molar-refractivity contribution is -0.923. The summed E-state index contributed by atoms with van der Waals surface area (Å²) in [5.74, 6) is 1.54. The maximum Gasteiger partial charge on any atom is 0.329 e. The summed E-state index contributed by atoms with van der Waals surface area (Å²) < 4.78 is 11.5. The first kappa shape index (κ1) is 20.0. The van der Waals surface area contributed by atoms with Crippen molar-refractivity contribution in [3.63, 3.8) is 0 Å². The number of carbonyl (C=O) groups excluding carboxylic acids is 2. The van der Waals surface area contributed by atoms with Gasteiger partial charge in [0.2, 0.25) is 0 Å². The molecule has 1 aliphatic carbocycles. The number of nitrogens with zero attached hydrogens (tertiary/aromatic N) is 1. The van der Waals surface area contributed by atoms with Crippen LogP contribution in [0.25, 0.3) is 0 Å². The molecule has 0 radical (unpaired) electrons. The number of urea groups is 1. The van der Waals surface area contributed by atoms with E-state index in [9.17, 15) is 9.59 Å². The van der Waals surface area contributed by atoms with Gasteiger partial charge < -0.3 is 19.7 Å². The van der Waals surface area contributed by atoms with Gasteiger partial charge >= 0.3 is 6.03 Å². The van der Waals surface area contributed by atoms with E-state index in [0.717, 1.165) is 63.1 Å². The number of quaternary nitrogens is 1. The summed E-state index contributed by atoms with van der Waals surface area (Å²) in [5, 5.41) is 3.01. The predicted octanol–water partition coefficient (Wildman–Crippen LogP) is 1.64. The lowest BCUT2D eigenvalue weighted by atomic mass is 9.82. The monoisotopic (exact) mass is 402 g/mol. The third-order valence-corrected chi connectivity index (χ3v) is 6.39. The minimum Gasteiger partial charge on any atom is -0.490 e. The van der Waals surface area contributed by atoms with E-state index in [0.29, 0.717) is 19.9 Å². The molecule has 2 aliphatic heterocycles. The third-order valence-electron chi connectivity index (χ3n) is 6.39. The molecule has 29 heavy (non-hydrogen) atoms. The van der Waals surface area contributed by atoms with Crippen molar-refractivity contribution in [1.82, 2.24) is 10.2 Å². The molecule has 1 spiro atoms. The van der Waals surface area contributed by atoms with Crippen molar-refractivity contribution < 1.29 is 24.0 Å². The normalized spacial score (nSPS) is 23.1. The van der Waals surface area contributed by atoms with Gasteiger partial charge in [-0.1, -0.05) is 19.3 Å². The average Bonchev–Trinajstić information content (AvgIpc) is 2.93. The average molecular weight is 403 g/mol. The molecule has 1 unspecified atom stereocenters. The van der Waals surface area contributed by atoms with Crippen LogP contribution in [0, 0.1) is 0 Å². The molecule has 1 atom stereocenters. The van der Waals surface area contributed by atoms with Gasteiger partial charge in [-0.2, -0.15) is 0 Å². The van der Waals surface area contributed by atoms with Crippen molar-refractivity contribution in [2.45, 2.75) is 64.5 Å². The molecular weight excluding hydrogens is 370 g/mol. The number of imide groups is 1. The number of carbonyl (C=O) groups is 2. The van der Waals surface area contributed by atoms with Crippen LogP contribution >= 0.6 is 0 Å². The quantitative estimate of drug-likeness (QED) is 0.710. The van der Waals surface area contributed by atoms with Crippen molar-refractivity contribution >= 4 is 11.9 Å². The molecule has 158 valence electrons. The fraction of sp³-hybridized carbons (Fsp3) is 0.636. The molecule has 3 amide bonds. The highest BCUT2D eigenvalue weighted by molar-refractivity contribution is 6.06. The van der Waals surface area contributed by atoms with Crippen LogP contribution in [0.1, 0.15) is 57.1 Å². The number of fused-ring (bicyclic) bond motifs is 1. The summed E-state index contributed by atoms with van der Waals surface area (Å²) in [7, 11) is 0. The number of nitrogens with one attached hydrogen (secondary N) is 2. The lowest BCUT2D eigenvalue weighted by Gasteiger charge is -2.31. The van der Waals surface area contributed by atoms with Crippen LogP contribution in [0.3, 0.4) is 0 Å². The minimum atomic E-state index is -0.642. The summed E-state index contributed by atoms with van der Waals surface area (Å²) in [4.78, 5) is 28.3. The molecule has 1 aromatic rings. The molecule has 2 heterocycles. The van der Waals surface area contributed by atoms with Gasteiger partial charge in [0.15, 0.2) is 18.2 Å². The fourth-order valence-corrected chi connectivity index (χ4v) is 4.92. The Morgan fingerprint density at radius 1 is 1.03 bits per heavy atom. The molecule has 2 fully saturated rings. The summed E-state index contributed by atoms with van der Waals surface area (Å²) in [6, 6.07) is 3.93.